The van der Waals surface area contributed by atoms with Crippen LogP contribution >= 0.6 is 0 Å². The lowest BCUT2D eigenvalue weighted by Gasteiger charge is -2.23. The van der Waals surface area contributed by atoms with Gasteiger partial charge in [-0.2, -0.15) is 5.26 Å². The summed E-state index contributed by atoms with van der Waals surface area (Å²) >= 11 is 0. The van der Waals surface area contributed by atoms with Crippen LogP contribution in [0.4, 0.5) is 5.69 Å². The molecule has 0 aliphatic carbocycles. The Morgan fingerprint density at radius 3 is 3.15 bits per heavy atom. The second kappa shape index (κ2) is 3.10. The van der Waals surface area contributed by atoms with Crippen molar-refractivity contribution in [2.24, 2.45) is 5.92 Å². The Hall–Kier alpha value is -1.49. The fraction of sp³-hybridized carbons (Fsp3) is 0.364. The molecule has 1 aromatic carbocycles. The Kier molecular flexibility index (Phi) is 1.94. The van der Waals surface area contributed by atoms with Crippen LogP contribution in [0.25, 0.3) is 0 Å². The maximum absolute atomic E-state index is 8.71. The van der Waals surface area contributed by atoms with Crippen molar-refractivity contribution in [3.05, 3.63) is 29.3 Å². The van der Waals surface area contributed by atoms with Gasteiger partial charge in [-0.15, -0.1) is 0 Å². The minimum absolute atomic E-state index is 0.695. The van der Waals surface area contributed by atoms with Crippen LogP contribution in [0.1, 0.15) is 18.1 Å². The van der Waals surface area contributed by atoms with Gasteiger partial charge in [-0.25, -0.2) is 0 Å². The van der Waals surface area contributed by atoms with E-state index >= 15 is 0 Å². The molecule has 1 aliphatic rings. The Morgan fingerprint density at radius 1 is 1.54 bits per heavy atom. The predicted molar refractivity (Wildman–Crippen MR) is 52.5 cm³/mol. The molecule has 1 aliphatic heterocycles. The van der Waals surface area contributed by atoms with Crippen molar-refractivity contribution in [2.75, 3.05) is 11.9 Å². The molecule has 0 saturated carbocycles. The first kappa shape index (κ1) is 8.12. The average molecular weight is 172 g/mol. The molecule has 0 spiro atoms. The highest BCUT2D eigenvalue weighted by Crippen LogP contribution is 2.25. The van der Waals surface area contributed by atoms with Gasteiger partial charge in [0.2, 0.25) is 0 Å². The van der Waals surface area contributed by atoms with Crippen LogP contribution in [0.15, 0.2) is 18.2 Å². The molecule has 0 aromatic heterocycles. The molecule has 1 aromatic rings. The first-order valence-electron chi connectivity index (χ1n) is 4.56. The summed E-state index contributed by atoms with van der Waals surface area (Å²) in [7, 11) is 0. The lowest BCUT2D eigenvalue weighted by atomic mass is 9.94. The highest BCUT2D eigenvalue weighted by atomic mass is 14.9. The number of hydrogen-bond acceptors (Lipinski definition) is 2. The first-order valence-corrected chi connectivity index (χ1v) is 4.56. The lowest BCUT2D eigenvalue weighted by Crippen LogP contribution is -2.20. The molecule has 0 amide bonds. The Labute approximate surface area is 78.2 Å². The van der Waals surface area contributed by atoms with Crippen molar-refractivity contribution in [1.82, 2.24) is 0 Å². The van der Waals surface area contributed by atoms with E-state index in [-0.39, 0.29) is 0 Å². The second-order valence-corrected chi connectivity index (χ2v) is 3.67. The highest BCUT2D eigenvalue weighted by Gasteiger charge is 2.13. The molecule has 66 valence electrons. The van der Waals surface area contributed by atoms with Crippen LogP contribution in [0.2, 0.25) is 0 Å². The van der Waals surface area contributed by atoms with Crippen LogP contribution in [0.3, 0.4) is 0 Å². The van der Waals surface area contributed by atoms with E-state index in [2.05, 4.69) is 24.4 Å². The van der Waals surface area contributed by atoms with E-state index in [0.29, 0.717) is 5.92 Å². The minimum Gasteiger partial charge on any atom is -0.385 e. The number of hydrogen-bond donors (Lipinski definition) is 1. The summed E-state index contributed by atoms with van der Waals surface area (Å²) in [5.41, 5.74) is 3.20. The summed E-state index contributed by atoms with van der Waals surface area (Å²) in [6.07, 6.45) is 1.12. The molecule has 0 radical (unpaired) electrons. The smallest absolute Gasteiger partial charge is 0.0992 e. The zero-order chi connectivity index (χ0) is 9.26. The molecule has 1 unspecified atom stereocenters. The van der Waals surface area contributed by atoms with Crippen molar-refractivity contribution in [1.29, 1.82) is 5.26 Å². The molecule has 0 fully saturated rings. The number of nitrogens with one attached hydrogen (secondary N) is 1. The number of nitrogens with zero attached hydrogens (tertiary/aromatic N) is 1. The minimum atomic E-state index is 0.695. The Bertz CT molecular complexity index is 363. The summed E-state index contributed by atoms with van der Waals surface area (Å²) in [6.45, 7) is 3.25. The van der Waals surface area contributed by atoms with Gasteiger partial charge >= 0.3 is 0 Å². The molecule has 2 rings (SSSR count). The Morgan fingerprint density at radius 2 is 2.38 bits per heavy atom. The summed E-state index contributed by atoms with van der Waals surface area (Å²) in [5, 5.41) is 12.0. The number of rotatable bonds is 0. The summed E-state index contributed by atoms with van der Waals surface area (Å²) in [4.78, 5) is 0. The molecular formula is C11H12N2. The molecule has 1 atom stereocenters. The number of anilines is 1. The van der Waals surface area contributed by atoms with E-state index in [1.54, 1.807) is 0 Å². The fourth-order valence-electron chi connectivity index (χ4n) is 1.72. The largest absolute Gasteiger partial charge is 0.385 e. The molecule has 0 saturated heterocycles. The van der Waals surface area contributed by atoms with Crippen molar-refractivity contribution < 1.29 is 0 Å². The van der Waals surface area contributed by atoms with Crippen molar-refractivity contribution in [2.45, 2.75) is 13.3 Å². The molecule has 1 N–H and O–H groups in total. The molecule has 2 heteroatoms. The maximum atomic E-state index is 8.71. The standard InChI is InChI=1S/C11H12N2/c1-8-4-10-3-2-9(6-12)5-11(10)13-7-8/h2-3,5,8,13H,4,7H2,1H3. The highest BCUT2D eigenvalue weighted by molar-refractivity contribution is 5.57. The zero-order valence-electron chi connectivity index (χ0n) is 7.67. The van der Waals surface area contributed by atoms with E-state index in [9.17, 15) is 0 Å². The number of benzene rings is 1. The third-order valence-electron chi connectivity index (χ3n) is 2.45. The second-order valence-electron chi connectivity index (χ2n) is 3.67. The van der Waals surface area contributed by atoms with Crippen LogP contribution in [0, 0.1) is 17.2 Å². The molecule has 13 heavy (non-hydrogen) atoms. The van der Waals surface area contributed by atoms with E-state index < -0.39 is 0 Å². The monoisotopic (exact) mass is 172 g/mol. The van der Waals surface area contributed by atoms with Crippen LogP contribution in [0.5, 0.6) is 0 Å². The fourth-order valence-corrected chi connectivity index (χ4v) is 1.72. The van der Waals surface area contributed by atoms with Crippen molar-refractivity contribution >= 4 is 5.69 Å². The molecular weight excluding hydrogens is 160 g/mol. The van der Waals surface area contributed by atoms with Gasteiger partial charge in [-0.05, 0) is 30.0 Å². The van der Waals surface area contributed by atoms with Crippen LogP contribution < -0.4 is 5.32 Å². The third-order valence-corrected chi connectivity index (χ3v) is 2.45. The SMILES string of the molecule is CC1CNc2cc(C#N)ccc2C1. The van der Waals surface area contributed by atoms with Crippen LogP contribution in [-0.4, -0.2) is 6.54 Å². The molecule has 1 heterocycles. The summed E-state index contributed by atoms with van der Waals surface area (Å²) in [6, 6.07) is 8.02. The van der Waals surface area contributed by atoms with Gasteiger partial charge in [-0.3, -0.25) is 0 Å². The van der Waals surface area contributed by atoms with Gasteiger partial charge in [0.1, 0.15) is 0 Å². The normalized spacial score (nSPS) is 19.8. The maximum Gasteiger partial charge on any atom is 0.0992 e. The predicted octanol–water partition coefficient (Wildman–Crippen LogP) is 2.16. The van der Waals surface area contributed by atoms with Gasteiger partial charge in [0.15, 0.2) is 0 Å². The van der Waals surface area contributed by atoms with Gasteiger partial charge in [0, 0.05) is 12.2 Å². The average Bonchev–Trinajstić information content (AvgIpc) is 2.17. The van der Waals surface area contributed by atoms with Gasteiger partial charge in [0.25, 0.3) is 0 Å². The van der Waals surface area contributed by atoms with E-state index in [0.717, 1.165) is 24.2 Å². The van der Waals surface area contributed by atoms with Crippen LogP contribution in [-0.2, 0) is 6.42 Å². The first-order chi connectivity index (χ1) is 6.29. The zero-order valence-corrected chi connectivity index (χ0v) is 7.67. The van der Waals surface area contributed by atoms with E-state index in [4.69, 9.17) is 5.26 Å². The van der Waals surface area contributed by atoms with E-state index in [1.165, 1.54) is 5.56 Å². The lowest BCUT2D eigenvalue weighted by molar-refractivity contribution is 0.595. The molecule has 2 nitrogen and oxygen atoms in total. The summed E-state index contributed by atoms with van der Waals surface area (Å²) < 4.78 is 0. The Balaban J connectivity index is 2.38. The molecule has 0 bridgehead atoms. The topological polar surface area (TPSA) is 35.8 Å². The van der Waals surface area contributed by atoms with Crippen molar-refractivity contribution in [3.8, 4) is 6.07 Å². The van der Waals surface area contributed by atoms with Gasteiger partial charge in [-0.1, -0.05) is 13.0 Å². The van der Waals surface area contributed by atoms with Gasteiger partial charge < -0.3 is 5.32 Å². The van der Waals surface area contributed by atoms with Gasteiger partial charge in [0.05, 0.1) is 11.6 Å². The number of fused-ring (bicyclic) bond motifs is 1. The van der Waals surface area contributed by atoms with E-state index in [1.807, 2.05) is 12.1 Å². The third kappa shape index (κ3) is 1.50. The summed E-state index contributed by atoms with van der Waals surface area (Å²) in [5.74, 6) is 0.695. The number of nitriles is 1. The quantitative estimate of drug-likeness (QED) is 0.651. The van der Waals surface area contributed by atoms with Crippen molar-refractivity contribution in [3.63, 3.8) is 0 Å².